The van der Waals surface area contributed by atoms with E-state index in [2.05, 4.69) is 21.2 Å². The SMILES string of the molecule is CCN(c1ccc2sc(C(=O)Nc3cccc4ccccc34)cc2c1)S(=O)(=O)c1ccc(Br)cc1. The summed E-state index contributed by atoms with van der Waals surface area (Å²) in [5.41, 5.74) is 1.31. The van der Waals surface area contributed by atoms with Gasteiger partial charge in [-0.2, -0.15) is 0 Å². The Kier molecular flexibility index (Phi) is 6.35. The number of nitrogens with zero attached hydrogens (tertiary/aromatic N) is 1. The number of sulfonamides is 1. The molecule has 0 saturated carbocycles. The highest BCUT2D eigenvalue weighted by Crippen LogP contribution is 2.33. The minimum absolute atomic E-state index is 0.195. The van der Waals surface area contributed by atoms with Gasteiger partial charge in [0.05, 0.1) is 15.5 Å². The van der Waals surface area contributed by atoms with Crippen LogP contribution in [0, 0.1) is 0 Å². The molecule has 176 valence electrons. The van der Waals surface area contributed by atoms with E-state index in [0.717, 1.165) is 31.0 Å². The van der Waals surface area contributed by atoms with Crippen molar-refractivity contribution in [1.29, 1.82) is 0 Å². The number of nitrogens with one attached hydrogen (secondary N) is 1. The maximum absolute atomic E-state index is 13.3. The molecule has 8 heteroatoms. The van der Waals surface area contributed by atoms with Gasteiger partial charge in [-0.3, -0.25) is 9.10 Å². The number of hydrogen-bond acceptors (Lipinski definition) is 4. The maximum atomic E-state index is 13.3. The number of carbonyl (C=O) groups excluding carboxylic acids is 1. The van der Waals surface area contributed by atoms with Gasteiger partial charge in [0.1, 0.15) is 0 Å². The van der Waals surface area contributed by atoms with Gasteiger partial charge in [0, 0.05) is 26.8 Å². The highest BCUT2D eigenvalue weighted by molar-refractivity contribution is 9.10. The minimum atomic E-state index is -3.72. The van der Waals surface area contributed by atoms with Crippen LogP contribution in [0.1, 0.15) is 16.6 Å². The highest BCUT2D eigenvalue weighted by atomic mass is 79.9. The number of amides is 1. The van der Waals surface area contributed by atoms with Gasteiger partial charge >= 0.3 is 0 Å². The molecule has 0 unspecified atom stereocenters. The first-order valence-corrected chi connectivity index (χ1v) is 14.0. The molecule has 4 aromatic carbocycles. The Bertz CT molecular complexity index is 1660. The standard InChI is InChI=1S/C27H21BrN2O3S2/c1-2-30(35(32,33)22-13-10-20(28)11-14-22)21-12-15-25-19(16-21)17-26(34-25)27(31)29-24-9-5-7-18-6-3-4-8-23(18)24/h3-17H,2H2,1H3,(H,29,31). The first kappa shape index (κ1) is 23.5. The van der Waals surface area contributed by atoms with Crippen LogP contribution < -0.4 is 9.62 Å². The molecule has 0 spiro atoms. The third-order valence-corrected chi connectivity index (χ3v) is 9.30. The fourth-order valence-electron chi connectivity index (χ4n) is 4.04. The summed E-state index contributed by atoms with van der Waals surface area (Å²) in [7, 11) is -3.72. The summed E-state index contributed by atoms with van der Waals surface area (Å²) in [5, 5.41) is 5.87. The first-order valence-electron chi connectivity index (χ1n) is 11.0. The second-order valence-corrected chi connectivity index (χ2v) is 11.8. The minimum Gasteiger partial charge on any atom is -0.321 e. The van der Waals surface area contributed by atoms with Crippen LogP contribution in [0.3, 0.4) is 0 Å². The van der Waals surface area contributed by atoms with Crippen LogP contribution in [0.2, 0.25) is 0 Å². The van der Waals surface area contributed by atoms with Gasteiger partial charge in [-0.15, -0.1) is 11.3 Å². The monoisotopic (exact) mass is 564 g/mol. The quantitative estimate of drug-likeness (QED) is 0.235. The van der Waals surface area contributed by atoms with E-state index in [-0.39, 0.29) is 17.3 Å². The van der Waals surface area contributed by atoms with Crippen molar-refractivity contribution in [1.82, 2.24) is 0 Å². The van der Waals surface area contributed by atoms with E-state index < -0.39 is 10.0 Å². The number of rotatable bonds is 6. The molecular weight excluding hydrogens is 544 g/mol. The number of anilines is 2. The molecular formula is C27H21BrN2O3S2. The molecule has 0 radical (unpaired) electrons. The van der Waals surface area contributed by atoms with Gasteiger partial charge in [0.25, 0.3) is 15.9 Å². The lowest BCUT2D eigenvalue weighted by Crippen LogP contribution is -2.30. The van der Waals surface area contributed by atoms with E-state index in [9.17, 15) is 13.2 Å². The van der Waals surface area contributed by atoms with Crippen LogP contribution in [-0.4, -0.2) is 20.9 Å². The molecule has 5 rings (SSSR count). The summed E-state index contributed by atoms with van der Waals surface area (Å²) in [6.07, 6.45) is 0. The fraction of sp³-hybridized carbons (Fsp3) is 0.0741. The molecule has 0 atom stereocenters. The first-order chi connectivity index (χ1) is 16.9. The summed E-state index contributed by atoms with van der Waals surface area (Å²) in [4.78, 5) is 13.8. The van der Waals surface area contributed by atoms with E-state index in [1.807, 2.05) is 60.7 Å². The van der Waals surface area contributed by atoms with E-state index in [4.69, 9.17) is 0 Å². The van der Waals surface area contributed by atoms with Gasteiger partial charge in [-0.1, -0.05) is 52.3 Å². The van der Waals surface area contributed by atoms with Gasteiger partial charge in [-0.25, -0.2) is 8.42 Å². The highest BCUT2D eigenvalue weighted by Gasteiger charge is 2.24. The Hall–Kier alpha value is -3.20. The number of carbonyl (C=O) groups is 1. The Morgan fingerprint density at radius 2 is 1.66 bits per heavy atom. The second-order valence-electron chi connectivity index (χ2n) is 7.94. The lowest BCUT2D eigenvalue weighted by atomic mass is 10.1. The predicted octanol–water partition coefficient (Wildman–Crippen LogP) is 7.28. The van der Waals surface area contributed by atoms with Crippen molar-refractivity contribution in [3.05, 3.63) is 100 Å². The summed E-state index contributed by atoms with van der Waals surface area (Å²) < 4.78 is 29.7. The Labute approximate surface area is 216 Å². The predicted molar refractivity (Wildman–Crippen MR) is 148 cm³/mol. The molecule has 0 fully saturated rings. The van der Waals surface area contributed by atoms with Crippen molar-refractivity contribution < 1.29 is 13.2 Å². The zero-order valence-corrected chi connectivity index (χ0v) is 22.0. The van der Waals surface area contributed by atoms with Crippen molar-refractivity contribution in [3.8, 4) is 0 Å². The van der Waals surface area contributed by atoms with Gasteiger partial charge in [0.2, 0.25) is 0 Å². The molecule has 1 N–H and O–H groups in total. The summed E-state index contributed by atoms with van der Waals surface area (Å²) in [6, 6.07) is 27.6. The zero-order chi connectivity index (χ0) is 24.6. The van der Waals surface area contributed by atoms with Gasteiger partial charge in [0.15, 0.2) is 0 Å². The van der Waals surface area contributed by atoms with Crippen molar-refractivity contribution in [2.45, 2.75) is 11.8 Å². The number of hydrogen-bond donors (Lipinski definition) is 1. The molecule has 0 saturated heterocycles. The molecule has 5 nitrogen and oxygen atoms in total. The maximum Gasteiger partial charge on any atom is 0.265 e. The van der Waals surface area contributed by atoms with E-state index in [1.165, 1.54) is 15.6 Å². The van der Waals surface area contributed by atoms with Crippen LogP contribution >= 0.6 is 27.3 Å². The van der Waals surface area contributed by atoms with Crippen LogP contribution in [0.4, 0.5) is 11.4 Å². The summed E-state index contributed by atoms with van der Waals surface area (Å²) >= 11 is 4.72. The van der Waals surface area contributed by atoms with E-state index >= 15 is 0 Å². The smallest absolute Gasteiger partial charge is 0.265 e. The molecule has 5 aromatic rings. The average Bonchev–Trinajstić information content (AvgIpc) is 3.29. The third-order valence-electron chi connectivity index (χ3n) is 5.74. The summed E-state index contributed by atoms with van der Waals surface area (Å²) in [6.45, 7) is 2.08. The van der Waals surface area contributed by atoms with Crippen molar-refractivity contribution in [2.75, 3.05) is 16.2 Å². The lowest BCUT2D eigenvalue weighted by Gasteiger charge is -2.23. The van der Waals surface area contributed by atoms with E-state index in [0.29, 0.717) is 10.6 Å². The molecule has 0 aliphatic rings. The number of thiophene rings is 1. The Morgan fingerprint density at radius 1 is 0.914 bits per heavy atom. The molecule has 0 aliphatic carbocycles. The summed E-state index contributed by atoms with van der Waals surface area (Å²) in [5.74, 6) is -0.195. The zero-order valence-electron chi connectivity index (χ0n) is 18.7. The van der Waals surface area contributed by atoms with Crippen molar-refractivity contribution in [3.63, 3.8) is 0 Å². The second kappa shape index (κ2) is 9.45. The van der Waals surface area contributed by atoms with Gasteiger partial charge < -0.3 is 5.32 Å². The topological polar surface area (TPSA) is 66.5 Å². The molecule has 0 aliphatic heterocycles. The number of benzene rings is 4. The molecule has 1 heterocycles. The van der Waals surface area contributed by atoms with Crippen LogP contribution in [0.15, 0.2) is 100 Å². The van der Waals surface area contributed by atoms with Crippen molar-refractivity contribution >= 4 is 75.4 Å². The average molecular weight is 566 g/mol. The molecule has 1 amide bonds. The number of halogens is 1. The largest absolute Gasteiger partial charge is 0.321 e. The third kappa shape index (κ3) is 4.57. The fourth-order valence-corrected chi connectivity index (χ4v) is 6.71. The van der Waals surface area contributed by atoms with Crippen LogP contribution in [-0.2, 0) is 10.0 Å². The lowest BCUT2D eigenvalue weighted by molar-refractivity contribution is 0.103. The van der Waals surface area contributed by atoms with Crippen LogP contribution in [0.25, 0.3) is 20.9 Å². The number of fused-ring (bicyclic) bond motifs is 2. The van der Waals surface area contributed by atoms with Crippen molar-refractivity contribution in [2.24, 2.45) is 0 Å². The molecule has 0 bridgehead atoms. The van der Waals surface area contributed by atoms with Gasteiger partial charge in [-0.05, 0) is 72.3 Å². The Morgan fingerprint density at radius 3 is 2.43 bits per heavy atom. The normalized spacial score (nSPS) is 11.6. The van der Waals surface area contributed by atoms with E-state index in [1.54, 1.807) is 37.3 Å². The molecule has 35 heavy (non-hydrogen) atoms. The Balaban J connectivity index is 1.45. The molecule has 1 aromatic heterocycles. The van der Waals surface area contributed by atoms with Crippen LogP contribution in [0.5, 0.6) is 0 Å².